The number of hydrogen-bond donors (Lipinski definition) is 1. The maximum absolute atomic E-state index is 12.2. The van der Waals surface area contributed by atoms with Gasteiger partial charge in [-0.05, 0) is 29.5 Å². The fraction of sp³-hybridized carbons (Fsp3) is 0.0625. The van der Waals surface area contributed by atoms with Crippen molar-refractivity contribution in [1.29, 1.82) is 0 Å². The van der Waals surface area contributed by atoms with E-state index in [0.29, 0.717) is 22.5 Å². The van der Waals surface area contributed by atoms with E-state index in [2.05, 4.69) is 31.3 Å². The van der Waals surface area contributed by atoms with Crippen LogP contribution < -0.4 is 5.73 Å². The third kappa shape index (κ3) is 3.54. The van der Waals surface area contributed by atoms with E-state index in [1.807, 2.05) is 6.07 Å². The number of nitrogens with two attached hydrogens (primary N) is 1. The molecule has 8 heteroatoms. The fourth-order valence-electron chi connectivity index (χ4n) is 2.09. The average Bonchev–Trinajstić information content (AvgIpc) is 3.03. The van der Waals surface area contributed by atoms with E-state index in [-0.39, 0.29) is 12.3 Å². The van der Waals surface area contributed by atoms with Crippen LogP contribution in [0.4, 0.5) is 0 Å². The largest absolute Gasteiger partial charge is 0.366 e. The summed E-state index contributed by atoms with van der Waals surface area (Å²) < 4.78 is 0.829. The number of aromatic nitrogens is 4. The zero-order chi connectivity index (χ0) is 17.1. The number of primary amides is 1. The van der Waals surface area contributed by atoms with Crippen LogP contribution in [-0.4, -0.2) is 31.9 Å². The van der Waals surface area contributed by atoms with Crippen molar-refractivity contribution >= 4 is 27.6 Å². The first-order valence-electron chi connectivity index (χ1n) is 7.00. The highest BCUT2D eigenvalue weighted by Gasteiger charge is 2.12. The van der Waals surface area contributed by atoms with E-state index in [9.17, 15) is 9.59 Å². The van der Waals surface area contributed by atoms with Crippen LogP contribution >= 0.6 is 15.9 Å². The Morgan fingerprint density at radius 1 is 1.08 bits per heavy atom. The number of carbonyl (C=O) groups is 2. The van der Waals surface area contributed by atoms with Gasteiger partial charge in [0.15, 0.2) is 5.78 Å². The molecule has 3 rings (SSSR count). The molecule has 0 saturated carbocycles. The molecule has 24 heavy (non-hydrogen) atoms. The summed E-state index contributed by atoms with van der Waals surface area (Å²) in [4.78, 5) is 24.5. The highest BCUT2D eigenvalue weighted by Crippen LogP contribution is 2.15. The van der Waals surface area contributed by atoms with Crippen LogP contribution in [0, 0.1) is 0 Å². The predicted octanol–water partition coefficient (Wildman–Crippen LogP) is 2.08. The second kappa shape index (κ2) is 6.71. The molecular formula is C16H12BrN5O2. The first-order valence-corrected chi connectivity index (χ1v) is 7.79. The molecule has 0 aliphatic carbocycles. The smallest absolute Gasteiger partial charge is 0.248 e. The van der Waals surface area contributed by atoms with Crippen LogP contribution in [0.1, 0.15) is 20.7 Å². The number of ketones is 1. The topological polar surface area (TPSA) is 104 Å². The molecule has 0 radical (unpaired) electrons. The van der Waals surface area contributed by atoms with E-state index in [0.717, 1.165) is 4.47 Å². The molecule has 0 unspecified atom stereocenters. The van der Waals surface area contributed by atoms with Crippen molar-refractivity contribution in [3.63, 3.8) is 0 Å². The van der Waals surface area contributed by atoms with Crippen molar-refractivity contribution in [2.75, 3.05) is 0 Å². The Labute approximate surface area is 145 Å². The number of Topliss-reactive ketones (excluding diaryl/α,β-unsaturated/α-hetero) is 1. The number of halogens is 1. The summed E-state index contributed by atoms with van der Waals surface area (Å²) in [5.74, 6) is -0.254. The van der Waals surface area contributed by atoms with Gasteiger partial charge in [0, 0.05) is 21.2 Å². The third-order valence-electron chi connectivity index (χ3n) is 3.31. The quantitative estimate of drug-likeness (QED) is 0.677. The molecule has 0 saturated heterocycles. The minimum Gasteiger partial charge on any atom is -0.366 e. The summed E-state index contributed by atoms with van der Waals surface area (Å²) in [5.41, 5.74) is 6.84. The summed E-state index contributed by atoms with van der Waals surface area (Å²) in [5, 5.41) is 12.0. The number of tetrazole rings is 1. The number of nitrogens with zero attached hydrogens (tertiary/aromatic N) is 4. The monoisotopic (exact) mass is 385 g/mol. The van der Waals surface area contributed by atoms with Gasteiger partial charge >= 0.3 is 0 Å². The van der Waals surface area contributed by atoms with Crippen molar-refractivity contribution in [3.8, 4) is 11.4 Å². The van der Waals surface area contributed by atoms with Crippen LogP contribution in [0.15, 0.2) is 53.0 Å². The zero-order valence-corrected chi connectivity index (χ0v) is 14.0. The summed E-state index contributed by atoms with van der Waals surface area (Å²) in [6, 6.07) is 13.6. The van der Waals surface area contributed by atoms with Gasteiger partial charge in [-0.15, -0.1) is 10.2 Å². The number of hydrogen-bond acceptors (Lipinski definition) is 5. The lowest BCUT2D eigenvalue weighted by Crippen LogP contribution is -2.13. The van der Waals surface area contributed by atoms with Gasteiger partial charge in [-0.3, -0.25) is 9.59 Å². The van der Waals surface area contributed by atoms with E-state index < -0.39 is 5.91 Å². The third-order valence-corrected chi connectivity index (χ3v) is 3.81. The number of amides is 1. The first kappa shape index (κ1) is 16.0. The summed E-state index contributed by atoms with van der Waals surface area (Å²) in [7, 11) is 0. The molecule has 7 nitrogen and oxygen atoms in total. The summed E-state index contributed by atoms with van der Waals surface area (Å²) >= 11 is 3.33. The second-order valence-corrected chi connectivity index (χ2v) is 5.93. The Hall–Kier alpha value is -2.87. The Bertz CT molecular complexity index is 905. The molecule has 0 fully saturated rings. The molecule has 0 atom stereocenters. The Balaban J connectivity index is 1.75. The van der Waals surface area contributed by atoms with Crippen LogP contribution in [-0.2, 0) is 6.54 Å². The second-order valence-electron chi connectivity index (χ2n) is 5.02. The van der Waals surface area contributed by atoms with Crippen molar-refractivity contribution in [2.45, 2.75) is 6.54 Å². The highest BCUT2D eigenvalue weighted by molar-refractivity contribution is 9.10. The van der Waals surface area contributed by atoms with E-state index in [4.69, 9.17) is 5.73 Å². The molecule has 0 spiro atoms. The van der Waals surface area contributed by atoms with Gasteiger partial charge in [0.25, 0.3) is 0 Å². The van der Waals surface area contributed by atoms with E-state index in [1.54, 1.807) is 42.5 Å². The molecule has 2 aromatic carbocycles. The Morgan fingerprint density at radius 2 is 1.83 bits per heavy atom. The van der Waals surface area contributed by atoms with E-state index >= 15 is 0 Å². The molecule has 1 heterocycles. The standard InChI is InChI=1S/C16H12BrN5O2/c17-13-3-1-2-12(8-13)14(23)9-22-20-16(19-21-22)11-6-4-10(5-7-11)15(18)24/h1-8H,9H2,(H2,18,24). The number of benzene rings is 2. The van der Waals surface area contributed by atoms with Gasteiger partial charge in [-0.2, -0.15) is 4.80 Å². The molecular weight excluding hydrogens is 374 g/mol. The fourth-order valence-corrected chi connectivity index (χ4v) is 2.49. The van der Waals surface area contributed by atoms with Gasteiger partial charge in [0.05, 0.1) is 0 Å². The van der Waals surface area contributed by atoms with Gasteiger partial charge in [-0.1, -0.05) is 40.2 Å². The minimum atomic E-state index is -0.502. The molecule has 1 amide bonds. The molecule has 0 aliphatic heterocycles. The van der Waals surface area contributed by atoms with Crippen molar-refractivity contribution < 1.29 is 9.59 Å². The van der Waals surface area contributed by atoms with E-state index in [1.165, 1.54) is 4.80 Å². The maximum atomic E-state index is 12.2. The van der Waals surface area contributed by atoms with Crippen LogP contribution in [0.5, 0.6) is 0 Å². The van der Waals surface area contributed by atoms with Gasteiger partial charge < -0.3 is 5.73 Å². The minimum absolute atomic E-state index is 0.0111. The van der Waals surface area contributed by atoms with Gasteiger partial charge in [-0.25, -0.2) is 0 Å². The van der Waals surface area contributed by atoms with Crippen molar-refractivity contribution in [3.05, 3.63) is 64.1 Å². The zero-order valence-electron chi connectivity index (χ0n) is 12.4. The number of rotatable bonds is 5. The lowest BCUT2D eigenvalue weighted by molar-refractivity contribution is 0.0959. The molecule has 120 valence electrons. The normalized spacial score (nSPS) is 10.5. The number of carbonyl (C=O) groups excluding carboxylic acids is 2. The molecule has 3 aromatic rings. The lowest BCUT2D eigenvalue weighted by Gasteiger charge is -2.00. The average molecular weight is 386 g/mol. The van der Waals surface area contributed by atoms with Crippen LogP contribution in [0.3, 0.4) is 0 Å². The molecule has 0 bridgehead atoms. The van der Waals surface area contributed by atoms with Gasteiger partial charge in [0.2, 0.25) is 11.7 Å². The molecule has 0 aliphatic rings. The molecule has 2 N–H and O–H groups in total. The Morgan fingerprint density at radius 3 is 2.50 bits per heavy atom. The lowest BCUT2D eigenvalue weighted by atomic mass is 10.1. The summed E-state index contributed by atoms with van der Waals surface area (Å²) in [6.07, 6.45) is 0. The summed E-state index contributed by atoms with van der Waals surface area (Å²) in [6.45, 7) is -0.0111. The van der Waals surface area contributed by atoms with Crippen LogP contribution in [0.2, 0.25) is 0 Å². The Kier molecular flexibility index (Phi) is 4.48. The van der Waals surface area contributed by atoms with Gasteiger partial charge in [0.1, 0.15) is 6.54 Å². The van der Waals surface area contributed by atoms with Crippen molar-refractivity contribution in [1.82, 2.24) is 20.2 Å². The van der Waals surface area contributed by atoms with Crippen molar-refractivity contribution in [2.24, 2.45) is 5.73 Å². The van der Waals surface area contributed by atoms with Crippen LogP contribution in [0.25, 0.3) is 11.4 Å². The predicted molar refractivity (Wildman–Crippen MR) is 90.2 cm³/mol. The SMILES string of the molecule is NC(=O)c1ccc(-c2nnn(CC(=O)c3cccc(Br)c3)n2)cc1. The maximum Gasteiger partial charge on any atom is 0.248 e. The molecule has 1 aromatic heterocycles. The highest BCUT2D eigenvalue weighted by atomic mass is 79.9. The first-order chi connectivity index (χ1) is 11.5.